The van der Waals surface area contributed by atoms with Gasteiger partial charge in [0, 0.05) is 71.3 Å². The fraction of sp³-hybridized carbons (Fsp3) is 0.247. The molecular formula is C81H76I3N7. The molecule has 10 heteroatoms. The van der Waals surface area contributed by atoms with Gasteiger partial charge in [-0.3, -0.25) is 0 Å². The van der Waals surface area contributed by atoms with Crippen molar-refractivity contribution in [2.45, 2.75) is 131 Å². The maximum absolute atomic E-state index is 5.77. The third kappa shape index (κ3) is 13.6. The summed E-state index contributed by atoms with van der Waals surface area (Å²) in [7, 11) is 0. The summed E-state index contributed by atoms with van der Waals surface area (Å²) in [6.45, 7) is 11.3. The summed E-state index contributed by atoms with van der Waals surface area (Å²) in [5.74, 6) is 2.52. The lowest BCUT2D eigenvalue weighted by molar-refractivity contribution is 0.780. The predicted molar refractivity (Wildman–Crippen MR) is 408 cm³/mol. The maximum atomic E-state index is 5.77. The highest BCUT2D eigenvalue weighted by molar-refractivity contribution is 14.1. The van der Waals surface area contributed by atoms with E-state index < -0.39 is 0 Å². The molecule has 0 aliphatic heterocycles. The average Bonchev–Trinajstić information content (AvgIpc) is 1.54. The number of hydrogen-bond acceptors (Lipinski definition) is 5. The fourth-order valence-electron chi connectivity index (χ4n) is 13.1. The van der Waals surface area contributed by atoms with Crippen LogP contribution in [-0.4, -0.2) is 34.1 Å². The Bertz CT molecular complexity index is 4710. The second-order valence-electron chi connectivity index (χ2n) is 24.5. The van der Waals surface area contributed by atoms with E-state index in [-0.39, 0.29) is 0 Å². The molecule has 0 aliphatic rings. The van der Waals surface area contributed by atoms with Crippen LogP contribution in [0, 0.1) is 10.7 Å². The number of benzene rings is 9. The zero-order chi connectivity index (χ0) is 62.5. The van der Waals surface area contributed by atoms with Crippen molar-refractivity contribution in [1.29, 1.82) is 0 Å². The number of nitrogens with zero attached hydrogens (tertiary/aromatic N) is 7. The first-order valence-electron chi connectivity index (χ1n) is 32.9. The standard InChI is InChI=1S/C81H76I3N7/c1-6-11-23-52-36-53(24-12-7-2)40-60(39-52)79-87-80(61-41-56(27-15-10-5)44-64(84)47-61)89-81(88-79)70-48-57(78-85-71(58-37-54(25-13-8-3)42-62(82)45-58)50-72(86-78)59-38-55(26-14-9-4)43-63(83)46-59)34-35-75(70)91-74-33-22-20-31-67(74)69-49-68-66-30-19-21-32-73(66)90(76(68)51-77(69)91)65-28-17-16-18-29-65/h16-22,28-51H,6-15,23-27H2,1-5H3. The van der Waals surface area contributed by atoms with E-state index in [2.05, 4.69) is 300 Å². The SMILES string of the molecule is CCCCc1cc(I)cc(-c2cc(-c3cc(I)cc(CCCC)c3)nc(-c3ccc(-n4c5ccccc5c5cc6c7ccccc7n(-c7ccccc7)c6cc54)c(-c4nc(-c5cc(I)cc(CCCC)c5)nc(-c5cc(CCCC)cc(CCCC)c5)n4)c3)n2)c1. The van der Waals surface area contributed by atoms with Crippen LogP contribution in [0.3, 0.4) is 0 Å². The second kappa shape index (κ2) is 28.4. The van der Waals surface area contributed by atoms with Gasteiger partial charge in [0.2, 0.25) is 0 Å². The first-order valence-corrected chi connectivity index (χ1v) is 36.1. The maximum Gasteiger partial charge on any atom is 0.166 e. The molecule has 0 unspecified atom stereocenters. The quantitative estimate of drug-likeness (QED) is 0.0597. The van der Waals surface area contributed by atoms with Crippen molar-refractivity contribution in [3.63, 3.8) is 0 Å². The van der Waals surface area contributed by atoms with E-state index in [1.54, 1.807) is 0 Å². The van der Waals surface area contributed by atoms with Crippen molar-refractivity contribution in [3.05, 3.63) is 227 Å². The van der Waals surface area contributed by atoms with Crippen LogP contribution >= 0.6 is 67.8 Å². The lowest BCUT2D eigenvalue weighted by atomic mass is 9.98. The van der Waals surface area contributed by atoms with Gasteiger partial charge in [-0.1, -0.05) is 127 Å². The van der Waals surface area contributed by atoms with Crippen molar-refractivity contribution in [1.82, 2.24) is 34.1 Å². The van der Waals surface area contributed by atoms with Gasteiger partial charge in [0.1, 0.15) is 0 Å². The molecule has 4 aromatic heterocycles. The Kier molecular flexibility index (Phi) is 19.5. The molecule has 456 valence electrons. The van der Waals surface area contributed by atoms with Gasteiger partial charge >= 0.3 is 0 Å². The summed E-state index contributed by atoms with van der Waals surface area (Å²) in [4.78, 5) is 28.3. The van der Waals surface area contributed by atoms with Crippen molar-refractivity contribution in [2.24, 2.45) is 0 Å². The Morgan fingerprint density at radius 1 is 0.297 bits per heavy atom. The largest absolute Gasteiger partial charge is 0.309 e. The predicted octanol–water partition coefficient (Wildman–Crippen LogP) is 23.4. The average molecular weight is 1530 g/mol. The van der Waals surface area contributed by atoms with E-state index >= 15 is 0 Å². The van der Waals surface area contributed by atoms with Gasteiger partial charge in [0.25, 0.3) is 0 Å². The van der Waals surface area contributed by atoms with Gasteiger partial charge in [-0.25, -0.2) is 24.9 Å². The zero-order valence-corrected chi connectivity index (χ0v) is 59.2. The number of aryl methyl sites for hydroxylation is 5. The van der Waals surface area contributed by atoms with Gasteiger partial charge in [-0.2, -0.15) is 0 Å². The minimum atomic E-state index is 0.582. The molecule has 4 heterocycles. The summed E-state index contributed by atoms with van der Waals surface area (Å²) < 4.78 is 8.42. The molecule has 91 heavy (non-hydrogen) atoms. The topological polar surface area (TPSA) is 74.3 Å². The van der Waals surface area contributed by atoms with Crippen LogP contribution in [0.25, 0.3) is 123 Å². The molecule has 0 atom stereocenters. The Balaban J connectivity index is 1.13. The summed E-state index contributed by atoms with van der Waals surface area (Å²) >= 11 is 7.45. The molecule has 0 fully saturated rings. The van der Waals surface area contributed by atoms with E-state index in [1.165, 1.54) is 56.6 Å². The third-order valence-corrected chi connectivity index (χ3v) is 19.6. The molecule has 0 spiro atoms. The number of unbranched alkanes of at least 4 members (excludes halogenated alkanes) is 5. The molecule has 0 radical (unpaired) electrons. The number of halogens is 3. The summed E-state index contributed by atoms with van der Waals surface area (Å²) in [6, 6.07) is 70.1. The van der Waals surface area contributed by atoms with Crippen LogP contribution in [0.4, 0.5) is 0 Å². The van der Waals surface area contributed by atoms with E-state index in [4.69, 9.17) is 24.9 Å². The van der Waals surface area contributed by atoms with Crippen LogP contribution < -0.4 is 0 Å². The van der Waals surface area contributed by atoms with Crippen LogP contribution in [-0.2, 0) is 32.1 Å². The number of aromatic nitrogens is 7. The zero-order valence-electron chi connectivity index (χ0n) is 52.8. The van der Waals surface area contributed by atoms with Gasteiger partial charge < -0.3 is 9.13 Å². The number of rotatable bonds is 23. The van der Waals surface area contributed by atoms with Gasteiger partial charge in [-0.15, -0.1) is 0 Å². The van der Waals surface area contributed by atoms with E-state index in [9.17, 15) is 0 Å². The third-order valence-electron chi connectivity index (χ3n) is 17.7. The smallest absolute Gasteiger partial charge is 0.166 e. The van der Waals surface area contributed by atoms with Gasteiger partial charge in [-0.05, 0) is 287 Å². The van der Waals surface area contributed by atoms with E-state index in [0.29, 0.717) is 23.3 Å². The highest BCUT2D eigenvalue weighted by atomic mass is 127. The Labute approximate surface area is 577 Å². The van der Waals surface area contributed by atoms with Crippen molar-refractivity contribution >= 4 is 111 Å². The molecule has 0 saturated heterocycles. The van der Waals surface area contributed by atoms with E-state index in [1.807, 2.05) is 0 Å². The summed E-state index contributed by atoms with van der Waals surface area (Å²) in [5, 5.41) is 4.75. The van der Waals surface area contributed by atoms with Crippen molar-refractivity contribution in [3.8, 4) is 79.4 Å². The Hall–Kier alpha value is -7.14. The van der Waals surface area contributed by atoms with Crippen LogP contribution in [0.15, 0.2) is 188 Å². The summed E-state index contributed by atoms with van der Waals surface area (Å²) in [6.07, 6.45) is 16.2. The normalized spacial score (nSPS) is 11.7. The Morgan fingerprint density at radius 2 is 0.703 bits per heavy atom. The molecule has 13 rings (SSSR count). The molecule has 0 N–H and O–H groups in total. The molecule has 13 aromatic rings. The molecule has 0 amide bonds. The monoisotopic (exact) mass is 1530 g/mol. The van der Waals surface area contributed by atoms with Crippen LogP contribution in [0.2, 0.25) is 0 Å². The molecule has 0 bridgehead atoms. The second-order valence-corrected chi connectivity index (χ2v) is 28.3. The lowest BCUT2D eigenvalue weighted by Crippen LogP contribution is -2.05. The Morgan fingerprint density at radius 3 is 1.21 bits per heavy atom. The minimum Gasteiger partial charge on any atom is -0.309 e. The molecular weight excluding hydrogens is 1450 g/mol. The minimum absolute atomic E-state index is 0.582. The molecule has 9 aromatic carbocycles. The van der Waals surface area contributed by atoms with Crippen molar-refractivity contribution < 1.29 is 0 Å². The highest BCUT2D eigenvalue weighted by Crippen LogP contribution is 2.43. The molecule has 0 saturated carbocycles. The van der Waals surface area contributed by atoms with E-state index in [0.717, 1.165) is 178 Å². The number of fused-ring (bicyclic) bond motifs is 6. The molecule has 0 aliphatic carbocycles. The first-order chi connectivity index (χ1) is 44.6. The first kappa shape index (κ1) is 62.7. The molecule has 7 nitrogen and oxygen atoms in total. The van der Waals surface area contributed by atoms with Crippen LogP contribution in [0.5, 0.6) is 0 Å². The van der Waals surface area contributed by atoms with Crippen LogP contribution in [0.1, 0.15) is 127 Å². The van der Waals surface area contributed by atoms with Gasteiger partial charge in [0.05, 0.1) is 39.1 Å². The number of para-hydroxylation sites is 3. The lowest BCUT2D eigenvalue weighted by Gasteiger charge is -2.17. The fourth-order valence-corrected chi connectivity index (χ4v) is 15.3. The summed E-state index contributed by atoms with van der Waals surface area (Å²) in [5.41, 5.74) is 20.7. The highest BCUT2D eigenvalue weighted by Gasteiger charge is 2.25. The number of hydrogen-bond donors (Lipinski definition) is 0. The van der Waals surface area contributed by atoms with Crippen molar-refractivity contribution in [2.75, 3.05) is 0 Å². The van der Waals surface area contributed by atoms with Gasteiger partial charge in [0.15, 0.2) is 23.3 Å².